The van der Waals surface area contributed by atoms with Crippen LogP contribution in [0.15, 0.2) is 65.7 Å². The first-order chi connectivity index (χ1) is 14.9. The van der Waals surface area contributed by atoms with E-state index < -0.39 is 17.8 Å². The van der Waals surface area contributed by atoms with Gasteiger partial charge in [0.1, 0.15) is 17.7 Å². The summed E-state index contributed by atoms with van der Waals surface area (Å²) in [5, 5.41) is 8.16. The van der Waals surface area contributed by atoms with Gasteiger partial charge >= 0.3 is 0 Å². The highest BCUT2D eigenvalue weighted by molar-refractivity contribution is 6.05. The van der Waals surface area contributed by atoms with Gasteiger partial charge in [-0.2, -0.15) is 5.10 Å². The Balaban J connectivity index is 1.83. The Morgan fingerprint density at radius 2 is 1.84 bits per heavy atom. The summed E-state index contributed by atoms with van der Waals surface area (Å²) in [5.74, 6) is -0.355. The minimum absolute atomic E-state index is 0.125. The van der Waals surface area contributed by atoms with E-state index in [1.54, 1.807) is 60.4 Å². The van der Waals surface area contributed by atoms with Crippen LogP contribution in [-0.4, -0.2) is 25.2 Å². The number of hydrogen-bond acceptors (Lipinski definition) is 4. The van der Waals surface area contributed by atoms with Crippen molar-refractivity contribution in [1.82, 2.24) is 24.6 Å². The molecular weight excluding hydrogens is 397 g/mol. The summed E-state index contributed by atoms with van der Waals surface area (Å²) >= 11 is 0. The highest BCUT2D eigenvalue weighted by atomic mass is 19.1. The second kappa shape index (κ2) is 8.14. The molecule has 0 spiro atoms. The van der Waals surface area contributed by atoms with E-state index in [-0.39, 0.29) is 17.3 Å². The van der Waals surface area contributed by atoms with Gasteiger partial charge in [0.15, 0.2) is 5.69 Å². The molecule has 1 atom stereocenters. The Kier molecular flexibility index (Phi) is 5.37. The third-order valence-electron chi connectivity index (χ3n) is 5.11. The van der Waals surface area contributed by atoms with Crippen molar-refractivity contribution >= 4 is 16.7 Å². The molecule has 0 bridgehead atoms. The van der Waals surface area contributed by atoms with Crippen molar-refractivity contribution in [3.8, 4) is 0 Å². The van der Waals surface area contributed by atoms with Crippen molar-refractivity contribution in [3.63, 3.8) is 0 Å². The molecule has 2 aromatic heterocycles. The van der Waals surface area contributed by atoms with Crippen LogP contribution in [0.25, 0.3) is 10.8 Å². The molecule has 2 heterocycles. The number of benzene rings is 2. The first-order valence-electron chi connectivity index (χ1n) is 9.92. The van der Waals surface area contributed by atoms with Gasteiger partial charge in [-0.05, 0) is 37.6 Å². The largest absolute Gasteiger partial charge is 0.337 e. The van der Waals surface area contributed by atoms with E-state index in [1.165, 1.54) is 16.8 Å². The predicted octanol–water partition coefficient (Wildman–Crippen LogP) is 3.37. The van der Waals surface area contributed by atoms with Crippen molar-refractivity contribution < 1.29 is 9.18 Å². The maximum Gasteiger partial charge on any atom is 0.274 e. The van der Waals surface area contributed by atoms with Crippen LogP contribution >= 0.6 is 0 Å². The van der Waals surface area contributed by atoms with Gasteiger partial charge in [-0.25, -0.2) is 14.1 Å². The summed E-state index contributed by atoms with van der Waals surface area (Å²) in [6, 6.07) is 12.0. The highest BCUT2D eigenvalue weighted by Crippen LogP contribution is 2.23. The van der Waals surface area contributed by atoms with Gasteiger partial charge < -0.3 is 9.88 Å². The number of rotatable bonds is 5. The molecule has 4 aromatic rings. The number of aryl methyl sites for hydroxylation is 1. The Morgan fingerprint density at radius 3 is 2.48 bits per heavy atom. The third kappa shape index (κ3) is 3.84. The lowest BCUT2D eigenvalue weighted by molar-refractivity contribution is 0.0935. The van der Waals surface area contributed by atoms with E-state index in [4.69, 9.17) is 0 Å². The number of nitrogens with zero attached hydrogens (tertiary/aromatic N) is 4. The van der Waals surface area contributed by atoms with Crippen molar-refractivity contribution in [3.05, 3.63) is 94.2 Å². The van der Waals surface area contributed by atoms with E-state index in [1.807, 2.05) is 13.8 Å². The molecule has 4 rings (SSSR count). The van der Waals surface area contributed by atoms with E-state index in [9.17, 15) is 14.0 Å². The second-order valence-corrected chi connectivity index (χ2v) is 7.60. The molecule has 0 fully saturated rings. The number of imidazole rings is 1. The fraction of sp³-hybridized carbons (Fsp3) is 0.217. The van der Waals surface area contributed by atoms with Gasteiger partial charge in [0.2, 0.25) is 0 Å². The van der Waals surface area contributed by atoms with Crippen LogP contribution in [0, 0.1) is 5.82 Å². The predicted molar refractivity (Wildman–Crippen MR) is 115 cm³/mol. The summed E-state index contributed by atoms with van der Waals surface area (Å²) in [7, 11) is 1.80. The molecule has 1 unspecified atom stereocenters. The zero-order valence-corrected chi connectivity index (χ0v) is 17.4. The number of aromatic nitrogens is 4. The first kappa shape index (κ1) is 20.5. The van der Waals surface area contributed by atoms with Gasteiger partial charge in [-0.15, -0.1) is 0 Å². The molecule has 158 valence electrons. The number of nitrogens with one attached hydrogen (secondary N) is 1. The van der Waals surface area contributed by atoms with E-state index in [0.29, 0.717) is 22.2 Å². The SMILES string of the molecule is CC(C)n1nc(C(=O)NC(c2cccc(F)c2)c2nccn2C)c2ccccc2c1=O. The smallest absolute Gasteiger partial charge is 0.274 e. The lowest BCUT2D eigenvalue weighted by Gasteiger charge is -2.20. The summed E-state index contributed by atoms with van der Waals surface area (Å²) in [4.78, 5) is 30.5. The second-order valence-electron chi connectivity index (χ2n) is 7.60. The Hall–Kier alpha value is -3.81. The fourth-order valence-electron chi connectivity index (χ4n) is 3.56. The van der Waals surface area contributed by atoms with Crippen LogP contribution in [0.5, 0.6) is 0 Å². The summed E-state index contributed by atoms with van der Waals surface area (Å²) in [6.07, 6.45) is 3.36. The fourth-order valence-corrected chi connectivity index (χ4v) is 3.56. The lowest BCUT2D eigenvalue weighted by atomic mass is 10.0. The molecule has 7 nitrogen and oxygen atoms in total. The zero-order chi connectivity index (χ0) is 22.1. The monoisotopic (exact) mass is 419 g/mol. The molecular formula is C23H22FN5O2. The van der Waals surface area contributed by atoms with Gasteiger partial charge in [0.25, 0.3) is 11.5 Å². The number of carbonyl (C=O) groups is 1. The number of fused-ring (bicyclic) bond motifs is 1. The van der Waals surface area contributed by atoms with Gasteiger partial charge in [0.05, 0.1) is 11.4 Å². The van der Waals surface area contributed by atoms with Gasteiger partial charge in [0, 0.05) is 24.8 Å². The summed E-state index contributed by atoms with van der Waals surface area (Å²) in [6.45, 7) is 3.66. The normalized spacial score (nSPS) is 12.3. The molecule has 0 aliphatic carbocycles. The number of carbonyl (C=O) groups excluding carboxylic acids is 1. The summed E-state index contributed by atoms with van der Waals surface area (Å²) in [5.41, 5.74) is 0.414. The minimum Gasteiger partial charge on any atom is -0.337 e. The van der Waals surface area contributed by atoms with Crippen LogP contribution in [0.4, 0.5) is 4.39 Å². The maximum atomic E-state index is 13.9. The number of amides is 1. The van der Waals surface area contributed by atoms with Crippen molar-refractivity contribution in [2.45, 2.75) is 25.9 Å². The standard InChI is InChI=1S/C23H22FN5O2/c1-14(2)29-23(31)18-10-5-4-9-17(18)20(27-29)22(30)26-19(21-25-11-12-28(21)3)15-7-6-8-16(24)13-15/h4-14,19H,1-3H3,(H,26,30). The molecule has 0 saturated carbocycles. The van der Waals surface area contributed by atoms with Gasteiger partial charge in [-0.1, -0.05) is 30.3 Å². The third-order valence-corrected chi connectivity index (χ3v) is 5.11. The Morgan fingerprint density at radius 1 is 1.10 bits per heavy atom. The molecule has 0 radical (unpaired) electrons. The molecule has 0 aliphatic heterocycles. The van der Waals surface area contributed by atoms with E-state index in [2.05, 4.69) is 15.4 Å². The van der Waals surface area contributed by atoms with E-state index in [0.717, 1.165) is 0 Å². The van der Waals surface area contributed by atoms with Crippen LogP contribution in [0.1, 0.15) is 47.8 Å². The minimum atomic E-state index is -0.705. The van der Waals surface area contributed by atoms with E-state index >= 15 is 0 Å². The lowest BCUT2D eigenvalue weighted by Crippen LogP contribution is -2.34. The van der Waals surface area contributed by atoms with Crippen LogP contribution in [0.3, 0.4) is 0 Å². The van der Waals surface area contributed by atoms with Gasteiger partial charge in [-0.3, -0.25) is 9.59 Å². The molecule has 2 aromatic carbocycles. The van der Waals surface area contributed by atoms with Crippen LogP contribution in [-0.2, 0) is 7.05 Å². The van der Waals surface area contributed by atoms with Crippen molar-refractivity contribution in [2.75, 3.05) is 0 Å². The van der Waals surface area contributed by atoms with Crippen molar-refractivity contribution in [2.24, 2.45) is 7.05 Å². The molecule has 0 saturated heterocycles. The zero-order valence-electron chi connectivity index (χ0n) is 17.4. The molecule has 1 N–H and O–H groups in total. The van der Waals surface area contributed by atoms with Crippen molar-refractivity contribution in [1.29, 1.82) is 0 Å². The van der Waals surface area contributed by atoms with Crippen LogP contribution < -0.4 is 10.9 Å². The number of halogens is 1. The number of hydrogen-bond donors (Lipinski definition) is 1. The molecule has 8 heteroatoms. The molecule has 0 aliphatic rings. The Bertz CT molecular complexity index is 1330. The molecule has 1 amide bonds. The molecule has 31 heavy (non-hydrogen) atoms. The van der Waals surface area contributed by atoms with Crippen LogP contribution in [0.2, 0.25) is 0 Å². The first-order valence-corrected chi connectivity index (χ1v) is 9.92. The Labute approximate surface area is 178 Å². The maximum absolute atomic E-state index is 13.9. The average molecular weight is 419 g/mol. The highest BCUT2D eigenvalue weighted by Gasteiger charge is 2.25. The summed E-state index contributed by atoms with van der Waals surface area (Å²) < 4.78 is 17.0. The topological polar surface area (TPSA) is 81.8 Å². The average Bonchev–Trinajstić information content (AvgIpc) is 3.17. The quantitative estimate of drug-likeness (QED) is 0.538.